The van der Waals surface area contributed by atoms with Gasteiger partial charge in [-0.05, 0) is 30.7 Å². The number of hydrogen-bond acceptors (Lipinski definition) is 2. The highest BCUT2D eigenvalue weighted by molar-refractivity contribution is 5.58. The molecule has 2 aromatic carbocycles. The van der Waals surface area contributed by atoms with Crippen LogP contribution in [0, 0.1) is 0 Å². The third kappa shape index (κ3) is 3.04. The summed E-state index contributed by atoms with van der Waals surface area (Å²) in [7, 11) is 1.95. The molecule has 2 aromatic rings. The first kappa shape index (κ1) is 12.5. The maximum absolute atomic E-state index is 3.18. The highest BCUT2D eigenvalue weighted by Crippen LogP contribution is 2.20. The minimum absolute atomic E-state index is 0.949. The molecule has 18 heavy (non-hydrogen) atoms. The fraction of sp³-hybridized carbons (Fsp3) is 0.250. The molecule has 0 aliphatic rings. The van der Waals surface area contributed by atoms with Crippen molar-refractivity contribution in [1.29, 1.82) is 0 Å². The number of hydrogen-bond donors (Lipinski definition) is 1. The number of benzene rings is 2. The Morgan fingerprint density at radius 1 is 1.00 bits per heavy atom. The van der Waals surface area contributed by atoms with Crippen LogP contribution in [0.5, 0.6) is 0 Å². The summed E-state index contributed by atoms with van der Waals surface area (Å²) in [6.45, 7) is 4.14. The summed E-state index contributed by atoms with van der Waals surface area (Å²) in [5, 5.41) is 3.18. The van der Waals surface area contributed by atoms with Crippen LogP contribution in [0.15, 0.2) is 54.6 Å². The minimum Gasteiger partial charge on any atom is -0.388 e. The second-order valence-corrected chi connectivity index (χ2v) is 4.30. The monoisotopic (exact) mass is 240 g/mol. The van der Waals surface area contributed by atoms with E-state index in [1.165, 1.54) is 11.3 Å². The zero-order valence-electron chi connectivity index (χ0n) is 11.1. The first-order valence-corrected chi connectivity index (χ1v) is 6.40. The Hall–Kier alpha value is -1.96. The second kappa shape index (κ2) is 6.10. The summed E-state index contributed by atoms with van der Waals surface area (Å²) >= 11 is 0. The first-order chi connectivity index (χ1) is 8.83. The zero-order valence-corrected chi connectivity index (χ0v) is 11.1. The van der Waals surface area contributed by atoms with Crippen molar-refractivity contribution in [3.63, 3.8) is 0 Å². The van der Waals surface area contributed by atoms with Crippen LogP contribution < -0.4 is 10.2 Å². The third-order valence-electron chi connectivity index (χ3n) is 3.10. The Labute approximate surface area is 109 Å². The van der Waals surface area contributed by atoms with Crippen molar-refractivity contribution < 1.29 is 0 Å². The standard InChI is InChI=1S/C16H20N2/c1-3-18(13-14-8-5-4-6-9-14)16-11-7-10-15(12-16)17-2/h4-12,17H,3,13H2,1-2H3. The normalized spacial score (nSPS) is 10.1. The number of rotatable bonds is 5. The first-order valence-electron chi connectivity index (χ1n) is 6.40. The Bertz CT molecular complexity index is 479. The third-order valence-corrected chi connectivity index (χ3v) is 3.10. The summed E-state index contributed by atoms with van der Waals surface area (Å²) in [5.41, 5.74) is 3.75. The van der Waals surface area contributed by atoms with E-state index in [-0.39, 0.29) is 0 Å². The molecule has 2 rings (SSSR count). The molecule has 0 unspecified atom stereocenters. The van der Waals surface area contributed by atoms with Crippen LogP contribution in [-0.2, 0) is 6.54 Å². The van der Waals surface area contributed by atoms with E-state index >= 15 is 0 Å². The fourth-order valence-electron chi connectivity index (χ4n) is 2.05. The van der Waals surface area contributed by atoms with Gasteiger partial charge < -0.3 is 10.2 Å². The lowest BCUT2D eigenvalue weighted by atomic mass is 10.2. The van der Waals surface area contributed by atoms with Crippen LogP contribution in [0.3, 0.4) is 0 Å². The van der Waals surface area contributed by atoms with Gasteiger partial charge in [-0.3, -0.25) is 0 Å². The molecule has 0 fully saturated rings. The van der Waals surface area contributed by atoms with Crippen LogP contribution in [-0.4, -0.2) is 13.6 Å². The van der Waals surface area contributed by atoms with E-state index in [1.54, 1.807) is 0 Å². The molecule has 0 spiro atoms. The summed E-state index contributed by atoms with van der Waals surface area (Å²) in [6, 6.07) is 19.1. The molecule has 0 saturated carbocycles. The minimum atomic E-state index is 0.949. The van der Waals surface area contributed by atoms with Crippen LogP contribution >= 0.6 is 0 Å². The number of nitrogens with zero attached hydrogens (tertiary/aromatic N) is 1. The predicted octanol–water partition coefficient (Wildman–Crippen LogP) is 3.75. The SMILES string of the molecule is CCN(Cc1ccccc1)c1cccc(NC)c1. The molecule has 94 valence electrons. The number of anilines is 2. The van der Waals surface area contributed by atoms with E-state index in [0.717, 1.165) is 18.8 Å². The molecule has 0 aliphatic heterocycles. The van der Waals surface area contributed by atoms with E-state index < -0.39 is 0 Å². The maximum atomic E-state index is 3.18. The van der Waals surface area contributed by atoms with Gasteiger partial charge in [0.2, 0.25) is 0 Å². The van der Waals surface area contributed by atoms with Gasteiger partial charge in [0.25, 0.3) is 0 Å². The summed E-state index contributed by atoms with van der Waals surface area (Å²) < 4.78 is 0. The molecule has 0 saturated heterocycles. The number of nitrogens with one attached hydrogen (secondary N) is 1. The van der Waals surface area contributed by atoms with Crippen LogP contribution in [0.1, 0.15) is 12.5 Å². The average molecular weight is 240 g/mol. The average Bonchev–Trinajstić information content (AvgIpc) is 2.46. The lowest BCUT2D eigenvalue weighted by Gasteiger charge is -2.23. The molecule has 0 amide bonds. The van der Waals surface area contributed by atoms with Gasteiger partial charge in [-0.2, -0.15) is 0 Å². The van der Waals surface area contributed by atoms with Gasteiger partial charge in [-0.1, -0.05) is 36.4 Å². The Kier molecular flexibility index (Phi) is 4.24. The van der Waals surface area contributed by atoms with Gasteiger partial charge in [0.1, 0.15) is 0 Å². The van der Waals surface area contributed by atoms with Crippen LogP contribution in [0.2, 0.25) is 0 Å². The smallest absolute Gasteiger partial charge is 0.0429 e. The topological polar surface area (TPSA) is 15.3 Å². The van der Waals surface area contributed by atoms with E-state index in [1.807, 2.05) is 7.05 Å². The molecular weight excluding hydrogens is 220 g/mol. The lowest BCUT2D eigenvalue weighted by molar-refractivity contribution is 0.832. The van der Waals surface area contributed by atoms with Gasteiger partial charge in [0, 0.05) is 31.5 Å². The second-order valence-electron chi connectivity index (χ2n) is 4.30. The van der Waals surface area contributed by atoms with E-state index in [2.05, 4.69) is 71.7 Å². The summed E-state index contributed by atoms with van der Waals surface area (Å²) in [5.74, 6) is 0. The van der Waals surface area contributed by atoms with Gasteiger partial charge in [0.15, 0.2) is 0 Å². The zero-order chi connectivity index (χ0) is 12.8. The molecule has 2 nitrogen and oxygen atoms in total. The molecule has 0 heterocycles. The fourth-order valence-corrected chi connectivity index (χ4v) is 2.05. The molecule has 0 aromatic heterocycles. The Balaban J connectivity index is 2.17. The summed E-state index contributed by atoms with van der Waals surface area (Å²) in [4.78, 5) is 2.37. The van der Waals surface area contributed by atoms with Crippen LogP contribution in [0.25, 0.3) is 0 Å². The molecule has 2 heteroatoms. The highest BCUT2D eigenvalue weighted by Gasteiger charge is 2.05. The van der Waals surface area contributed by atoms with Crippen molar-refractivity contribution in [1.82, 2.24) is 0 Å². The molecule has 0 bridgehead atoms. The van der Waals surface area contributed by atoms with Gasteiger partial charge in [-0.15, -0.1) is 0 Å². The van der Waals surface area contributed by atoms with E-state index in [0.29, 0.717) is 0 Å². The van der Waals surface area contributed by atoms with Crippen molar-refractivity contribution in [2.75, 3.05) is 23.8 Å². The highest BCUT2D eigenvalue weighted by atomic mass is 15.1. The molecular formula is C16H20N2. The van der Waals surface area contributed by atoms with Crippen molar-refractivity contribution in [2.45, 2.75) is 13.5 Å². The largest absolute Gasteiger partial charge is 0.388 e. The van der Waals surface area contributed by atoms with Crippen molar-refractivity contribution in [3.05, 3.63) is 60.2 Å². The Morgan fingerprint density at radius 3 is 2.44 bits per heavy atom. The van der Waals surface area contributed by atoms with Gasteiger partial charge in [0.05, 0.1) is 0 Å². The Morgan fingerprint density at radius 2 is 1.78 bits per heavy atom. The van der Waals surface area contributed by atoms with Crippen LogP contribution in [0.4, 0.5) is 11.4 Å². The molecule has 0 atom stereocenters. The van der Waals surface area contributed by atoms with Gasteiger partial charge >= 0.3 is 0 Å². The quantitative estimate of drug-likeness (QED) is 0.856. The summed E-state index contributed by atoms with van der Waals surface area (Å²) in [6.07, 6.45) is 0. The molecule has 1 N–H and O–H groups in total. The predicted molar refractivity (Wildman–Crippen MR) is 79.2 cm³/mol. The van der Waals surface area contributed by atoms with Crippen molar-refractivity contribution in [3.8, 4) is 0 Å². The van der Waals surface area contributed by atoms with Crippen molar-refractivity contribution in [2.24, 2.45) is 0 Å². The van der Waals surface area contributed by atoms with E-state index in [4.69, 9.17) is 0 Å². The maximum Gasteiger partial charge on any atom is 0.0429 e. The molecule has 0 aliphatic carbocycles. The van der Waals surface area contributed by atoms with E-state index in [9.17, 15) is 0 Å². The van der Waals surface area contributed by atoms with Gasteiger partial charge in [-0.25, -0.2) is 0 Å². The van der Waals surface area contributed by atoms with Crippen molar-refractivity contribution >= 4 is 11.4 Å². The lowest BCUT2D eigenvalue weighted by Crippen LogP contribution is -2.21. The molecule has 0 radical (unpaired) electrons.